The molecule has 1 N–H and O–H groups in total. The summed E-state index contributed by atoms with van der Waals surface area (Å²) in [6.07, 6.45) is -13.0. The second-order valence-electron chi connectivity index (χ2n) is 4.58. The van der Waals surface area contributed by atoms with Crippen molar-refractivity contribution in [2.24, 2.45) is 0 Å². The Kier molecular flexibility index (Phi) is 5.91. The van der Waals surface area contributed by atoms with Gasteiger partial charge in [0.2, 0.25) is 0 Å². The van der Waals surface area contributed by atoms with E-state index in [0.717, 1.165) is 6.07 Å². The third kappa shape index (κ3) is 4.87. The summed E-state index contributed by atoms with van der Waals surface area (Å²) in [7, 11) is -6.13. The summed E-state index contributed by atoms with van der Waals surface area (Å²) in [4.78, 5) is 11.7. The molecular weight excluding hydrogens is 501 g/mol. The molecule has 0 aliphatic rings. The maximum absolute atomic E-state index is 13.0. The van der Waals surface area contributed by atoms with Gasteiger partial charge in [-0.3, -0.25) is 0 Å². The zero-order valence-electron chi connectivity index (χ0n) is 11.5. The molecule has 0 aliphatic carbocycles. The first-order valence-corrected chi connectivity index (χ1v) is 8.45. The molecule has 0 fully saturated rings. The van der Waals surface area contributed by atoms with Crippen LogP contribution in [0, 0.1) is 3.57 Å². The van der Waals surface area contributed by atoms with Crippen molar-refractivity contribution >= 4 is 38.7 Å². The molecule has 0 unspecified atom stereocenters. The lowest BCUT2D eigenvalue weighted by atomic mass is 10.1. The van der Waals surface area contributed by atoms with Crippen molar-refractivity contribution < 1.29 is 54.0 Å². The van der Waals surface area contributed by atoms with Gasteiger partial charge in [0.25, 0.3) is 0 Å². The molecule has 0 aliphatic heterocycles. The predicted octanol–water partition coefficient (Wildman–Crippen LogP) is 2.56. The Morgan fingerprint density at radius 3 is 2.04 bits per heavy atom. The lowest BCUT2D eigenvalue weighted by Gasteiger charge is -2.36. The summed E-state index contributed by atoms with van der Waals surface area (Å²) >= 11 is 1.54. The monoisotopic (exact) mass is 507 g/mol. The van der Waals surface area contributed by atoms with Crippen LogP contribution >= 0.6 is 22.6 Å². The Morgan fingerprint density at radius 2 is 1.64 bits per heavy atom. The van der Waals surface area contributed by atoms with E-state index >= 15 is 0 Å². The number of esters is 1. The van der Waals surface area contributed by atoms with E-state index in [2.05, 4.69) is 4.74 Å². The van der Waals surface area contributed by atoms with Gasteiger partial charge in [-0.05, 0) is 40.8 Å². The van der Waals surface area contributed by atoms with Crippen LogP contribution in [0.3, 0.4) is 0 Å². The van der Waals surface area contributed by atoms with Gasteiger partial charge in [0.1, 0.15) is 11.3 Å². The van der Waals surface area contributed by atoms with Crippen molar-refractivity contribution in [1.82, 2.24) is 0 Å². The predicted molar refractivity (Wildman–Crippen MR) is 75.6 cm³/mol. The average molecular weight is 507 g/mol. The van der Waals surface area contributed by atoms with Crippen molar-refractivity contribution in [3.05, 3.63) is 27.3 Å². The Hall–Kier alpha value is -1.29. The highest BCUT2D eigenvalue weighted by molar-refractivity contribution is 14.1. The molecule has 6 nitrogen and oxygen atoms in total. The maximum atomic E-state index is 13.0. The zero-order chi connectivity index (χ0) is 19.8. The number of rotatable bonds is 4. The maximum Gasteiger partial charge on any atom is 0.438 e. The number of aromatic hydroxyl groups is 1. The third-order valence-electron chi connectivity index (χ3n) is 2.74. The Bertz CT molecular complexity index is 758. The lowest BCUT2D eigenvalue weighted by Crippen LogP contribution is -2.63. The smallest absolute Gasteiger partial charge is 0.438 e. The number of phenols is 1. The summed E-state index contributed by atoms with van der Waals surface area (Å²) in [6.45, 7) is 0. The molecule has 1 aromatic rings. The lowest BCUT2D eigenvalue weighted by molar-refractivity contribution is -0.356. The molecule has 14 heteroatoms. The van der Waals surface area contributed by atoms with Gasteiger partial charge in [0.05, 0.1) is 15.9 Å². The second kappa shape index (κ2) is 6.79. The van der Waals surface area contributed by atoms with Crippen molar-refractivity contribution in [3.63, 3.8) is 0 Å². The van der Waals surface area contributed by atoms with Crippen LogP contribution in [-0.4, -0.2) is 47.8 Å². The summed E-state index contributed by atoms with van der Waals surface area (Å²) in [5.74, 6) is -6.42. The molecule has 0 saturated heterocycles. The number of carbonyl (C=O) groups is 1. The third-order valence-corrected chi connectivity index (χ3v) is 4.17. The quantitative estimate of drug-likeness (QED) is 0.291. The van der Waals surface area contributed by atoms with Crippen molar-refractivity contribution in [2.45, 2.75) is 18.0 Å². The number of hydrogen-bond acceptors (Lipinski definition) is 6. The van der Waals surface area contributed by atoms with Crippen molar-refractivity contribution in [1.29, 1.82) is 0 Å². The van der Waals surface area contributed by atoms with Gasteiger partial charge in [-0.1, -0.05) is 0 Å². The molecule has 0 amide bonds. The fourth-order valence-electron chi connectivity index (χ4n) is 1.60. The summed E-state index contributed by atoms with van der Waals surface area (Å²) in [5.41, 5.74) is -6.67. The molecule has 1 rings (SSSR count). The van der Waals surface area contributed by atoms with E-state index in [9.17, 15) is 49.2 Å². The van der Waals surface area contributed by atoms with E-state index in [1.807, 2.05) is 0 Å². The first-order chi connectivity index (χ1) is 11.0. The first-order valence-electron chi connectivity index (χ1n) is 5.79. The van der Waals surface area contributed by atoms with E-state index < -0.39 is 51.1 Å². The molecule has 0 heterocycles. The van der Waals surface area contributed by atoms with E-state index in [0.29, 0.717) is 6.07 Å². The second-order valence-corrected chi connectivity index (χ2v) is 7.23. The van der Waals surface area contributed by atoms with Crippen LogP contribution in [0.25, 0.3) is 0 Å². The highest BCUT2D eigenvalue weighted by Gasteiger charge is 2.75. The Morgan fingerprint density at radius 1 is 1.16 bits per heavy atom. The highest BCUT2D eigenvalue weighted by atomic mass is 127. The fraction of sp³-hybridized carbons (Fsp3) is 0.364. The number of hydrogen-bond donors (Lipinski definition) is 1. The number of alkyl halides is 6. The van der Waals surface area contributed by atoms with Gasteiger partial charge >= 0.3 is 23.9 Å². The van der Waals surface area contributed by atoms with Crippen LogP contribution in [0.15, 0.2) is 18.2 Å². The van der Waals surface area contributed by atoms with Crippen LogP contribution in [0.5, 0.6) is 5.75 Å². The van der Waals surface area contributed by atoms with Crippen LogP contribution < -0.4 is 0 Å². The first kappa shape index (κ1) is 21.8. The van der Waals surface area contributed by atoms with Crippen molar-refractivity contribution in [2.75, 3.05) is 5.75 Å². The fourth-order valence-corrected chi connectivity index (χ4v) is 2.98. The standard InChI is InChI=1S/C11H7F6IO6S/c12-10(13,14)9(11(15,16)17,4-25(21,22)23)24-8(20)6-3-5(18)1-2-7(6)19/h1-3,19H,4H2,(H,21,22,23)/p-1. The molecule has 142 valence electrons. The number of halogens is 7. The number of benzene rings is 1. The Balaban J connectivity index is 3.53. The minimum atomic E-state index is -6.48. The topological polar surface area (TPSA) is 104 Å². The van der Waals surface area contributed by atoms with E-state index in [4.69, 9.17) is 0 Å². The van der Waals surface area contributed by atoms with Gasteiger partial charge in [-0.2, -0.15) is 26.3 Å². The molecule has 0 radical (unpaired) electrons. The normalized spacial score (nSPS) is 13.6. The summed E-state index contributed by atoms with van der Waals surface area (Å²) in [5, 5.41) is 9.39. The molecule has 0 aromatic heterocycles. The van der Waals surface area contributed by atoms with Crippen molar-refractivity contribution in [3.8, 4) is 5.75 Å². The van der Waals surface area contributed by atoms with Crippen LogP contribution in [0.4, 0.5) is 26.3 Å². The molecule has 25 heavy (non-hydrogen) atoms. The van der Waals surface area contributed by atoms with Gasteiger partial charge in [-0.25, -0.2) is 13.2 Å². The molecular formula is C11H6F6IO6S-. The SMILES string of the molecule is O=C(OC(CS(=O)(=O)[O-])(C(F)(F)F)C(F)(F)F)c1cc(I)ccc1O. The van der Waals surface area contributed by atoms with Crippen LogP contribution in [0.2, 0.25) is 0 Å². The van der Waals surface area contributed by atoms with Crippen LogP contribution in [0.1, 0.15) is 10.4 Å². The van der Waals surface area contributed by atoms with Gasteiger partial charge in [-0.15, -0.1) is 0 Å². The van der Waals surface area contributed by atoms with E-state index in [1.165, 1.54) is 28.7 Å². The van der Waals surface area contributed by atoms with Gasteiger partial charge < -0.3 is 14.4 Å². The zero-order valence-corrected chi connectivity index (χ0v) is 14.5. The molecule has 1 aromatic carbocycles. The van der Waals surface area contributed by atoms with Crippen LogP contribution in [-0.2, 0) is 14.9 Å². The van der Waals surface area contributed by atoms with Gasteiger partial charge in [0, 0.05) is 3.57 Å². The summed E-state index contributed by atoms with van der Waals surface area (Å²) < 4.78 is 113. The molecule has 0 saturated carbocycles. The Labute approximate surface area is 149 Å². The molecule has 0 bridgehead atoms. The minimum absolute atomic E-state index is 0.142. The summed E-state index contributed by atoms with van der Waals surface area (Å²) in [6, 6.07) is 2.68. The number of phenolic OH excluding ortho intramolecular Hbond substituents is 1. The largest absolute Gasteiger partial charge is 0.748 e. The molecule has 0 spiro atoms. The van der Waals surface area contributed by atoms with E-state index in [-0.39, 0.29) is 3.57 Å². The molecule has 0 atom stereocenters. The van der Waals surface area contributed by atoms with E-state index in [1.54, 1.807) is 0 Å². The van der Waals surface area contributed by atoms with Gasteiger partial charge in [0.15, 0.2) is 0 Å². The highest BCUT2D eigenvalue weighted by Crippen LogP contribution is 2.47. The number of carbonyl (C=O) groups excluding carboxylic acids is 1. The minimum Gasteiger partial charge on any atom is -0.748 e. The number of ether oxygens (including phenoxy) is 1. The average Bonchev–Trinajstić information content (AvgIpc) is 2.36.